The minimum atomic E-state index is 0.738. The second kappa shape index (κ2) is 11.2. The van der Waals surface area contributed by atoms with Gasteiger partial charge in [0.25, 0.3) is 0 Å². The maximum absolute atomic E-state index is 5.53. The highest BCUT2D eigenvalue weighted by molar-refractivity contribution is 6.23. The number of pyridine rings is 2. The lowest BCUT2D eigenvalue weighted by molar-refractivity contribution is 1.27. The van der Waals surface area contributed by atoms with Crippen molar-refractivity contribution in [2.45, 2.75) is 0 Å². The van der Waals surface area contributed by atoms with Crippen LogP contribution in [0.1, 0.15) is 22.5 Å². The van der Waals surface area contributed by atoms with E-state index in [1.165, 1.54) is 32.3 Å². The summed E-state index contributed by atoms with van der Waals surface area (Å²) in [6.45, 7) is 0. The molecule has 1 aliphatic rings. The van der Waals surface area contributed by atoms with Gasteiger partial charge in [-0.15, -0.1) is 0 Å². The SMILES string of the molecule is c1ccc2cc3cc(/C4=N/c5cc6ccccc6nc5/C(c5ccc6cc7ccccc7cc6c5)=N\c5cc6ccccc6nc54)ccc3cc2c1. The van der Waals surface area contributed by atoms with Gasteiger partial charge in [-0.2, -0.15) is 0 Å². The Balaban J connectivity index is 1.21. The Hall–Kier alpha value is -7.04. The van der Waals surface area contributed by atoms with E-state index in [2.05, 4.69) is 146 Å². The highest BCUT2D eigenvalue weighted by Crippen LogP contribution is 2.37. The summed E-state index contributed by atoms with van der Waals surface area (Å²) in [6, 6.07) is 59.9. The van der Waals surface area contributed by atoms with Gasteiger partial charge in [-0.05, 0) is 104 Å². The number of hydrogen-bond acceptors (Lipinski definition) is 4. The molecule has 0 bridgehead atoms. The third-order valence-corrected chi connectivity index (χ3v) is 10.3. The molecule has 2 aromatic heterocycles. The maximum Gasteiger partial charge on any atom is 0.116 e. The molecule has 3 heterocycles. The Morgan fingerprint density at radius 1 is 0.269 bits per heavy atom. The minimum Gasteiger partial charge on any atom is -0.244 e. The standard InChI is InChI=1S/C48H28N4/c1-3-11-31-23-39-25-37(19-17-33(39)21-29(31)9-1)45-47-43(27-35-13-5-7-15-41(35)49-47)52-46(48-44(51-45)28-36-14-6-8-16-42(36)50-48)38-20-18-34-22-30-10-2-4-12-32(30)24-40(34)26-38/h1-28H/b47-45?,48-46?,51-44?,51-45-,52-43?,52-46-. The molecule has 0 amide bonds. The molecule has 4 heteroatoms. The summed E-state index contributed by atoms with van der Waals surface area (Å²) in [5, 5.41) is 11.5. The van der Waals surface area contributed by atoms with Crippen LogP contribution in [0.3, 0.4) is 0 Å². The molecule has 0 saturated heterocycles. The molecule has 0 unspecified atom stereocenters. The molecule has 240 valence electrons. The predicted octanol–water partition coefficient (Wildman–Crippen LogP) is 12.0. The van der Waals surface area contributed by atoms with E-state index in [9.17, 15) is 0 Å². The van der Waals surface area contributed by atoms with Crippen LogP contribution in [-0.2, 0) is 0 Å². The van der Waals surface area contributed by atoms with Crippen LogP contribution in [0.25, 0.3) is 64.9 Å². The van der Waals surface area contributed by atoms with Gasteiger partial charge in [0.15, 0.2) is 0 Å². The topological polar surface area (TPSA) is 50.5 Å². The second-order valence-corrected chi connectivity index (χ2v) is 13.5. The maximum atomic E-state index is 5.53. The first-order valence-electron chi connectivity index (χ1n) is 17.5. The van der Waals surface area contributed by atoms with Crippen molar-refractivity contribution in [2.24, 2.45) is 9.98 Å². The van der Waals surface area contributed by atoms with Gasteiger partial charge >= 0.3 is 0 Å². The molecule has 0 saturated carbocycles. The molecule has 0 spiro atoms. The van der Waals surface area contributed by atoms with Gasteiger partial charge in [-0.3, -0.25) is 0 Å². The summed E-state index contributed by atoms with van der Waals surface area (Å²) in [4.78, 5) is 21.6. The summed E-state index contributed by atoms with van der Waals surface area (Å²) in [6.07, 6.45) is 0. The Bertz CT molecular complexity index is 2980. The zero-order valence-electron chi connectivity index (χ0n) is 28.0. The van der Waals surface area contributed by atoms with Gasteiger partial charge in [-0.25, -0.2) is 20.0 Å². The van der Waals surface area contributed by atoms with Crippen LogP contribution >= 0.6 is 0 Å². The summed E-state index contributed by atoms with van der Waals surface area (Å²) < 4.78 is 0. The molecule has 0 aliphatic carbocycles. The first-order chi connectivity index (χ1) is 25.7. The van der Waals surface area contributed by atoms with E-state index in [0.717, 1.165) is 77.9 Å². The number of aliphatic imine (C=N–C) groups is 2. The van der Waals surface area contributed by atoms with Gasteiger partial charge in [0.05, 0.1) is 33.8 Å². The fourth-order valence-corrected chi connectivity index (χ4v) is 7.65. The van der Waals surface area contributed by atoms with Crippen molar-refractivity contribution in [1.82, 2.24) is 9.97 Å². The Kier molecular flexibility index (Phi) is 6.22. The molecule has 0 atom stereocenters. The zero-order valence-corrected chi connectivity index (χ0v) is 28.0. The van der Waals surface area contributed by atoms with Crippen LogP contribution in [-0.4, -0.2) is 21.4 Å². The fraction of sp³-hybridized carbons (Fsp3) is 0. The molecular weight excluding hydrogens is 633 g/mol. The summed E-state index contributed by atoms with van der Waals surface area (Å²) >= 11 is 0. The van der Waals surface area contributed by atoms with Crippen LogP contribution in [0.2, 0.25) is 0 Å². The number of fused-ring (bicyclic) bond motifs is 8. The lowest BCUT2D eigenvalue weighted by Gasteiger charge is -2.19. The third-order valence-electron chi connectivity index (χ3n) is 10.3. The lowest BCUT2D eigenvalue weighted by atomic mass is 9.96. The molecule has 0 fully saturated rings. The summed E-state index contributed by atoms with van der Waals surface area (Å²) in [5.41, 5.74) is 8.26. The van der Waals surface area contributed by atoms with Crippen molar-refractivity contribution in [2.75, 3.05) is 0 Å². The minimum absolute atomic E-state index is 0.738. The molecule has 10 aromatic rings. The monoisotopic (exact) mass is 660 g/mol. The quantitative estimate of drug-likeness (QED) is 0.173. The molecule has 4 nitrogen and oxygen atoms in total. The fourth-order valence-electron chi connectivity index (χ4n) is 7.65. The van der Waals surface area contributed by atoms with Crippen LogP contribution in [0.5, 0.6) is 0 Å². The second-order valence-electron chi connectivity index (χ2n) is 13.5. The summed E-state index contributed by atoms with van der Waals surface area (Å²) in [7, 11) is 0. The Morgan fingerprint density at radius 2 is 0.615 bits per heavy atom. The van der Waals surface area contributed by atoms with E-state index in [1.807, 2.05) is 24.3 Å². The van der Waals surface area contributed by atoms with Crippen LogP contribution in [0, 0.1) is 0 Å². The first kappa shape index (κ1) is 28.8. The van der Waals surface area contributed by atoms with Crippen molar-refractivity contribution in [3.63, 3.8) is 0 Å². The highest BCUT2D eigenvalue weighted by Gasteiger charge is 2.24. The summed E-state index contributed by atoms with van der Waals surface area (Å²) in [5.74, 6) is 0. The number of hydrogen-bond donors (Lipinski definition) is 0. The smallest absolute Gasteiger partial charge is 0.116 e. The van der Waals surface area contributed by atoms with Gasteiger partial charge in [0.1, 0.15) is 11.4 Å². The van der Waals surface area contributed by atoms with Crippen molar-refractivity contribution in [3.05, 3.63) is 192 Å². The van der Waals surface area contributed by atoms with Gasteiger partial charge in [0.2, 0.25) is 0 Å². The lowest BCUT2D eigenvalue weighted by Crippen LogP contribution is -2.13. The van der Waals surface area contributed by atoms with E-state index in [4.69, 9.17) is 20.0 Å². The Labute approximate surface area is 299 Å². The number of aromatic nitrogens is 2. The van der Waals surface area contributed by atoms with E-state index in [1.54, 1.807) is 0 Å². The van der Waals surface area contributed by atoms with Crippen molar-refractivity contribution in [3.8, 4) is 0 Å². The van der Waals surface area contributed by atoms with E-state index < -0.39 is 0 Å². The molecule has 0 radical (unpaired) electrons. The van der Waals surface area contributed by atoms with Crippen molar-refractivity contribution in [1.29, 1.82) is 0 Å². The average Bonchev–Trinajstić information content (AvgIpc) is 3.19. The largest absolute Gasteiger partial charge is 0.244 e. The van der Waals surface area contributed by atoms with E-state index >= 15 is 0 Å². The number of benzene rings is 8. The molecule has 1 aliphatic heterocycles. The van der Waals surface area contributed by atoms with Crippen LogP contribution in [0.4, 0.5) is 11.4 Å². The third kappa shape index (κ3) is 4.69. The number of para-hydroxylation sites is 2. The molecule has 0 N–H and O–H groups in total. The zero-order chi connectivity index (χ0) is 34.2. The highest BCUT2D eigenvalue weighted by atomic mass is 14.9. The van der Waals surface area contributed by atoms with Crippen molar-refractivity contribution >= 4 is 87.7 Å². The molecule has 11 rings (SSSR count). The van der Waals surface area contributed by atoms with E-state index in [-0.39, 0.29) is 0 Å². The van der Waals surface area contributed by atoms with Gasteiger partial charge in [0, 0.05) is 21.9 Å². The van der Waals surface area contributed by atoms with Crippen LogP contribution in [0.15, 0.2) is 180 Å². The van der Waals surface area contributed by atoms with E-state index in [0.29, 0.717) is 0 Å². The van der Waals surface area contributed by atoms with Gasteiger partial charge in [-0.1, -0.05) is 109 Å². The molecule has 8 aromatic carbocycles. The average molecular weight is 661 g/mol. The normalized spacial score (nSPS) is 14.8. The molecule has 52 heavy (non-hydrogen) atoms. The van der Waals surface area contributed by atoms with Crippen molar-refractivity contribution < 1.29 is 0 Å². The first-order valence-corrected chi connectivity index (χ1v) is 17.5. The molecular formula is C48H28N4. The van der Waals surface area contributed by atoms with Crippen LogP contribution < -0.4 is 0 Å². The Morgan fingerprint density at radius 3 is 1.04 bits per heavy atom. The number of rotatable bonds is 2. The van der Waals surface area contributed by atoms with Gasteiger partial charge < -0.3 is 0 Å². The number of nitrogens with zero attached hydrogens (tertiary/aromatic N) is 4. The predicted molar refractivity (Wildman–Crippen MR) is 217 cm³/mol.